The van der Waals surface area contributed by atoms with Gasteiger partial charge in [-0.15, -0.1) is 0 Å². The summed E-state index contributed by atoms with van der Waals surface area (Å²) < 4.78 is 13.1. The molecule has 0 unspecified atom stereocenters. The maximum Gasteiger partial charge on any atom is 0.317 e. The number of nitrogens with zero attached hydrogens (tertiary/aromatic N) is 3. The minimum Gasteiger partial charge on any atom is -0.332 e. The predicted molar refractivity (Wildman–Crippen MR) is 102 cm³/mol. The average molecular weight is 362 g/mol. The molecule has 1 aromatic carbocycles. The first kappa shape index (κ1) is 19.1. The fourth-order valence-corrected chi connectivity index (χ4v) is 3.92. The van der Waals surface area contributed by atoms with Gasteiger partial charge >= 0.3 is 6.03 Å². The lowest BCUT2D eigenvalue weighted by molar-refractivity contribution is 0.122. The van der Waals surface area contributed by atoms with Gasteiger partial charge in [0.1, 0.15) is 5.82 Å². The number of halogens is 1. The standard InChI is InChI=1S/C20H31FN4O/c1-20(2,15-24-12-10-23(3)11-13-24)22-19(26)25-9-8-17(14-25)16-4-6-18(21)7-5-16/h4-7,17H,8-15H2,1-3H3,(H,22,26)/t17-/m1/s1. The SMILES string of the molecule is CN1CCN(CC(C)(C)NC(=O)N2CC[C@@H](c3ccc(F)cc3)C2)CC1. The van der Waals surface area contributed by atoms with Crippen LogP contribution in [0.1, 0.15) is 31.7 Å². The molecule has 1 aromatic rings. The third-order valence-corrected chi connectivity index (χ3v) is 5.48. The van der Waals surface area contributed by atoms with Gasteiger partial charge in [0.2, 0.25) is 0 Å². The summed E-state index contributed by atoms with van der Waals surface area (Å²) in [5.41, 5.74) is 0.847. The van der Waals surface area contributed by atoms with Crippen molar-refractivity contribution in [3.63, 3.8) is 0 Å². The lowest BCUT2D eigenvalue weighted by Gasteiger charge is -2.38. The summed E-state index contributed by atoms with van der Waals surface area (Å²) in [5.74, 6) is 0.0779. The highest BCUT2D eigenvalue weighted by atomic mass is 19.1. The van der Waals surface area contributed by atoms with E-state index in [9.17, 15) is 9.18 Å². The van der Waals surface area contributed by atoms with E-state index in [1.54, 1.807) is 0 Å². The second kappa shape index (κ2) is 7.92. The van der Waals surface area contributed by atoms with Crippen LogP contribution in [0.15, 0.2) is 24.3 Å². The Morgan fingerprint density at radius 2 is 1.81 bits per heavy atom. The molecule has 0 saturated carbocycles. The number of amides is 2. The second-order valence-corrected chi connectivity index (χ2v) is 8.38. The van der Waals surface area contributed by atoms with Crippen molar-refractivity contribution in [2.75, 3.05) is 52.9 Å². The van der Waals surface area contributed by atoms with Gasteiger partial charge in [0.05, 0.1) is 0 Å². The van der Waals surface area contributed by atoms with Crippen LogP contribution in [-0.2, 0) is 0 Å². The number of likely N-dealkylation sites (tertiary alicyclic amines) is 1. The van der Waals surface area contributed by atoms with Crippen molar-refractivity contribution >= 4 is 6.03 Å². The third kappa shape index (κ3) is 4.95. The molecule has 2 aliphatic heterocycles. The summed E-state index contributed by atoms with van der Waals surface area (Å²) in [4.78, 5) is 19.4. The van der Waals surface area contributed by atoms with Crippen molar-refractivity contribution in [3.8, 4) is 0 Å². The lowest BCUT2D eigenvalue weighted by atomic mass is 9.99. The summed E-state index contributed by atoms with van der Waals surface area (Å²) in [6.45, 7) is 10.7. The molecule has 5 nitrogen and oxygen atoms in total. The Balaban J connectivity index is 1.50. The first-order valence-corrected chi connectivity index (χ1v) is 9.56. The smallest absolute Gasteiger partial charge is 0.317 e. The van der Waals surface area contributed by atoms with E-state index in [1.807, 2.05) is 17.0 Å². The molecule has 0 bridgehead atoms. The highest BCUT2D eigenvalue weighted by molar-refractivity contribution is 5.75. The molecule has 0 radical (unpaired) electrons. The summed E-state index contributed by atoms with van der Waals surface area (Å²) in [6, 6.07) is 6.67. The molecule has 2 saturated heterocycles. The Hall–Kier alpha value is -1.66. The number of piperazine rings is 1. The molecule has 1 atom stereocenters. The van der Waals surface area contributed by atoms with Gasteiger partial charge in [-0.2, -0.15) is 0 Å². The van der Waals surface area contributed by atoms with Crippen molar-refractivity contribution in [2.24, 2.45) is 0 Å². The van der Waals surface area contributed by atoms with Crippen LogP contribution in [0.25, 0.3) is 0 Å². The van der Waals surface area contributed by atoms with Crippen LogP contribution >= 0.6 is 0 Å². The number of urea groups is 1. The summed E-state index contributed by atoms with van der Waals surface area (Å²) >= 11 is 0. The maximum atomic E-state index is 13.1. The zero-order chi connectivity index (χ0) is 18.7. The molecule has 2 amide bonds. The van der Waals surface area contributed by atoms with Crippen molar-refractivity contribution in [1.29, 1.82) is 0 Å². The molecule has 2 aliphatic rings. The Morgan fingerprint density at radius 1 is 1.15 bits per heavy atom. The van der Waals surface area contributed by atoms with E-state index in [0.717, 1.165) is 51.3 Å². The van der Waals surface area contributed by atoms with Crippen LogP contribution in [-0.4, -0.2) is 79.1 Å². The monoisotopic (exact) mass is 362 g/mol. The van der Waals surface area contributed by atoms with E-state index in [0.29, 0.717) is 12.5 Å². The van der Waals surface area contributed by atoms with Gasteiger partial charge in [-0.05, 0) is 45.0 Å². The summed E-state index contributed by atoms with van der Waals surface area (Å²) in [7, 11) is 2.15. The Bertz CT molecular complexity index is 611. The largest absolute Gasteiger partial charge is 0.332 e. The molecule has 0 aliphatic carbocycles. The van der Waals surface area contributed by atoms with Crippen molar-refractivity contribution in [2.45, 2.75) is 31.7 Å². The molecule has 0 spiro atoms. The van der Waals surface area contributed by atoms with Crippen molar-refractivity contribution in [3.05, 3.63) is 35.6 Å². The quantitative estimate of drug-likeness (QED) is 0.894. The van der Waals surface area contributed by atoms with E-state index in [1.165, 1.54) is 12.1 Å². The predicted octanol–water partition coefficient (Wildman–Crippen LogP) is 2.35. The number of nitrogens with one attached hydrogen (secondary N) is 1. The van der Waals surface area contributed by atoms with Gasteiger partial charge < -0.3 is 15.1 Å². The molecule has 3 rings (SSSR count). The fraction of sp³-hybridized carbons (Fsp3) is 0.650. The van der Waals surface area contributed by atoms with Crippen LogP contribution in [0.3, 0.4) is 0 Å². The van der Waals surface area contributed by atoms with E-state index in [4.69, 9.17) is 0 Å². The number of likely N-dealkylation sites (N-methyl/N-ethyl adjacent to an activating group) is 1. The molecular formula is C20H31FN4O. The van der Waals surface area contributed by atoms with Crippen molar-refractivity contribution < 1.29 is 9.18 Å². The van der Waals surface area contributed by atoms with Gasteiger partial charge in [-0.3, -0.25) is 4.90 Å². The maximum absolute atomic E-state index is 13.1. The topological polar surface area (TPSA) is 38.8 Å². The van der Waals surface area contributed by atoms with Crippen LogP contribution in [0.4, 0.5) is 9.18 Å². The number of carbonyl (C=O) groups excluding carboxylic acids is 1. The molecule has 2 heterocycles. The molecule has 6 heteroatoms. The van der Waals surface area contributed by atoms with Crippen LogP contribution in [0, 0.1) is 5.82 Å². The van der Waals surface area contributed by atoms with Gasteiger partial charge in [0, 0.05) is 57.3 Å². The number of hydrogen-bond acceptors (Lipinski definition) is 3. The summed E-state index contributed by atoms with van der Waals surface area (Å²) in [5, 5.41) is 3.21. The fourth-order valence-electron chi connectivity index (χ4n) is 3.92. The van der Waals surface area contributed by atoms with Gasteiger partial charge in [-0.1, -0.05) is 12.1 Å². The number of benzene rings is 1. The lowest BCUT2D eigenvalue weighted by Crippen LogP contribution is -2.57. The average Bonchev–Trinajstić information content (AvgIpc) is 3.07. The van der Waals surface area contributed by atoms with Gasteiger partial charge in [0.25, 0.3) is 0 Å². The third-order valence-electron chi connectivity index (χ3n) is 5.48. The highest BCUT2D eigenvalue weighted by Crippen LogP contribution is 2.27. The highest BCUT2D eigenvalue weighted by Gasteiger charge is 2.31. The van der Waals surface area contributed by atoms with Gasteiger partial charge in [-0.25, -0.2) is 9.18 Å². The molecule has 26 heavy (non-hydrogen) atoms. The van der Waals surface area contributed by atoms with Crippen LogP contribution in [0.2, 0.25) is 0 Å². The number of rotatable bonds is 4. The normalized spacial score (nSPS) is 22.6. The van der Waals surface area contributed by atoms with Crippen LogP contribution in [0.5, 0.6) is 0 Å². The second-order valence-electron chi connectivity index (χ2n) is 8.38. The van der Waals surface area contributed by atoms with Crippen LogP contribution < -0.4 is 5.32 Å². The molecular weight excluding hydrogens is 331 g/mol. The first-order chi connectivity index (χ1) is 12.3. The minimum absolute atomic E-state index is 0.00809. The molecule has 1 N–H and O–H groups in total. The zero-order valence-corrected chi connectivity index (χ0v) is 16.2. The Morgan fingerprint density at radius 3 is 2.46 bits per heavy atom. The number of hydrogen-bond donors (Lipinski definition) is 1. The molecule has 144 valence electrons. The van der Waals surface area contributed by atoms with E-state index in [2.05, 4.69) is 36.0 Å². The van der Waals surface area contributed by atoms with E-state index < -0.39 is 0 Å². The first-order valence-electron chi connectivity index (χ1n) is 9.56. The van der Waals surface area contributed by atoms with Gasteiger partial charge in [0.15, 0.2) is 0 Å². The Labute approximate surface area is 156 Å². The summed E-state index contributed by atoms with van der Waals surface area (Å²) in [6.07, 6.45) is 0.929. The Kier molecular flexibility index (Phi) is 5.82. The van der Waals surface area contributed by atoms with E-state index in [-0.39, 0.29) is 17.4 Å². The zero-order valence-electron chi connectivity index (χ0n) is 16.2. The van der Waals surface area contributed by atoms with Crippen molar-refractivity contribution in [1.82, 2.24) is 20.0 Å². The van der Waals surface area contributed by atoms with E-state index >= 15 is 0 Å². The molecule has 0 aromatic heterocycles. The number of carbonyl (C=O) groups is 1. The molecule has 2 fully saturated rings. The minimum atomic E-state index is -0.263.